The van der Waals surface area contributed by atoms with E-state index in [-0.39, 0.29) is 11.2 Å². The smallest absolute Gasteiger partial charge is 0.412 e. The monoisotopic (exact) mass is 179 g/mol. The van der Waals surface area contributed by atoms with Crippen molar-refractivity contribution in [1.82, 2.24) is 0 Å². The Hall–Kier alpha value is -1.23. The summed E-state index contributed by atoms with van der Waals surface area (Å²) in [4.78, 5) is 0. The van der Waals surface area contributed by atoms with E-state index in [0.717, 1.165) is 12.1 Å². The topological polar surface area (TPSA) is 57.5 Å². The molecule has 0 fully saturated rings. The molecule has 0 aromatic heterocycles. The average Bonchev–Trinajstić information content (AvgIpc) is 1.86. The largest absolute Gasteiger partial charge is 0.416 e. The average molecular weight is 179 g/mol. The quantitative estimate of drug-likeness (QED) is 0.602. The van der Waals surface area contributed by atoms with Gasteiger partial charge in [0.1, 0.15) is 0 Å². The zero-order valence-corrected chi connectivity index (χ0v) is 6.02. The van der Waals surface area contributed by atoms with Crippen LogP contribution in [-0.4, -0.2) is 5.48 Å². The van der Waals surface area contributed by atoms with E-state index < -0.39 is 11.7 Å². The number of alkyl halides is 3. The third-order valence-corrected chi connectivity index (χ3v) is 1.21. The minimum atomic E-state index is -4.30. The van der Waals surface area contributed by atoms with Crippen LogP contribution in [0, 0.1) is 0 Å². The lowest BCUT2D eigenvalue weighted by atomic mass is 10.2. The zero-order chi connectivity index (χ0) is 8.48. The van der Waals surface area contributed by atoms with E-state index in [1.807, 2.05) is 0 Å². The summed E-state index contributed by atoms with van der Waals surface area (Å²) in [7, 11) is 0. The van der Waals surface area contributed by atoms with E-state index in [9.17, 15) is 13.2 Å². The number of benzene rings is 1. The molecule has 5 heteroatoms. The fourth-order valence-corrected chi connectivity index (χ4v) is 0.715. The Kier molecular flexibility index (Phi) is 3.09. The summed E-state index contributed by atoms with van der Waals surface area (Å²) < 4.78 is 35.7. The Morgan fingerprint density at radius 3 is 2.08 bits per heavy atom. The Labute approximate surface area is 67.1 Å². The second-order valence-corrected chi connectivity index (χ2v) is 2.12. The van der Waals surface area contributed by atoms with Crippen LogP contribution < -0.4 is 5.73 Å². The summed E-state index contributed by atoms with van der Waals surface area (Å²) in [6, 6.07) is 4.57. The third-order valence-electron chi connectivity index (χ3n) is 1.21. The van der Waals surface area contributed by atoms with Crippen molar-refractivity contribution in [2.45, 2.75) is 6.18 Å². The Bertz CT molecular complexity index is 259. The number of hydrogen-bond acceptors (Lipinski definition) is 1. The molecular formula is C7H8F3NO. The molecule has 0 saturated carbocycles. The van der Waals surface area contributed by atoms with E-state index in [2.05, 4.69) is 0 Å². The van der Waals surface area contributed by atoms with Crippen LogP contribution in [0.25, 0.3) is 0 Å². The van der Waals surface area contributed by atoms with Crippen molar-refractivity contribution < 1.29 is 18.6 Å². The minimum Gasteiger partial charge on any atom is -0.412 e. The lowest BCUT2D eigenvalue weighted by Crippen LogP contribution is -2.04. The number of halogens is 3. The zero-order valence-electron chi connectivity index (χ0n) is 6.02. The van der Waals surface area contributed by atoms with Gasteiger partial charge in [0.05, 0.1) is 5.56 Å². The van der Waals surface area contributed by atoms with Crippen LogP contribution in [-0.2, 0) is 6.18 Å². The van der Waals surface area contributed by atoms with E-state index >= 15 is 0 Å². The molecule has 0 bridgehead atoms. The van der Waals surface area contributed by atoms with Gasteiger partial charge in [-0.25, -0.2) is 0 Å². The van der Waals surface area contributed by atoms with Gasteiger partial charge in [-0.05, 0) is 18.2 Å². The lowest BCUT2D eigenvalue weighted by Gasteiger charge is -2.05. The molecule has 0 spiro atoms. The van der Waals surface area contributed by atoms with E-state index in [0.29, 0.717) is 0 Å². The Balaban J connectivity index is 0.00000121. The molecular weight excluding hydrogens is 171 g/mol. The third kappa shape index (κ3) is 2.43. The predicted molar refractivity (Wildman–Crippen MR) is 39.5 cm³/mol. The first kappa shape index (κ1) is 10.8. The summed E-state index contributed by atoms with van der Waals surface area (Å²) >= 11 is 0. The number of nitrogen functional groups attached to an aromatic ring is 1. The van der Waals surface area contributed by atoms with E-state index in [4.69, 9.17) is 5.73 Å². The SMILES string of the molecule is Nc1cccc(C(F)(F)F)c1.O. The fraction of sp³-hybridized carbons (Fsp3) is 0.143. The second-order valence-electron chi connectivity index (χ2n) is 2.12. The first-order valence-corrected chi connectivity index (χ1v) is 2.93. The summed E-state index contributed by atoms with van der Waals surface area (Å²) in [5, 5.41) is 0. The van der Waals surface area contributed by atoms with Crippen LogP contribution in [0.15, 0.2) is 24.3 Å². The van der Waals surface area contributed by atoms with Gasteiger partial charge in [0.15, 0.2) is 0 Å². The number of anilines is 1. The van der Waals surface area contributed by atoms with Gasteiger partial charge >= 0.3 is 6.18 Å². The van der Waals surface area contributed by atoms with Crippen LogP contribution >= 0.6 is 0 Å². The van der Waals surface area contributed by atoms with E-state index in [1.165, 1.54) is 12.1 Å². The molecule has 0 aliphatic heterocycles. The summed E-state index contributed by atoms with van der Waals surface area (Å²) in [5.74, 6) is 0. The van der Waals surface area contributed by atoms with Gasteiger partial charge in [-0.15, -0.1) is 0 Å². The number of hydrogen-bond donors (Lipinski definition) is 1. The predicted octanol–water partition coefficient (Wildman–Crippen LogP) is 1.46. The van der Waals surface area contributed by atoms with Gasteiger partial charge < -0.3 is 11.2 Å². The molecule has 68 valence electrons. The molecule has 2 nitrogen and oxygen atoms in total. The molecule has 1 aromatic carbocycles. The summed E-state index contributed by atoms with van der Waals surface area (Å²) in [5.41, 5.74) is 4.57. The van der Waals surface area contributed by atoms with Crippen molar-refractivity contribution in [3.8, 4) is 0 Å². The van der Waals surface area contributed by atoms with Crippen LogP contribution in [0.5, 0.6) is 0 Å². The maximum atomic E-state index is 11.9. The van der Waals surface area contributed by atoms with Crippen molar-refractivity contribution in [1.29, 1.82) is 0 Å². The molecule has 4 N–H and O–H groups in total. The number of nitrogens with two attached hydrogens (primary N) is 1. The molecule has 0 radical (unpaired) electrons. The highest BCUT2D eigenvalue weighted by atomic mass is 19.4. The molecule has 0 aliphatic rings. The standard InChI is InChI=1S/C7H6F3N.H2O/c8-7(9,10)5-2-1-3-6(11)4-5;/h1-4H,11H2;1H2. The minimum absolute atomic E-state index is 0. The first-order valence-electron chi connectivity index (χ1n) is 2.93. The number of rotatable bonds is 0. The molecule has 1 rings (SSSR count). The van der Waals surface area contributed by atoms with Gasteiger partial charge in [0.25, 0.3) is 0 Å². The summed E-state index contributed by atoms with van der Waals surface area (Å²) in [6.07, 6.45) is -4.30. The van der Waals surface area contributed by atoms with Crippen LogP contribution in [0.4, 0.5) is 18.9 Å². The van der Waals surface area contributed by atoms with Crippen molar-refractivity contribution in [3.05, 3.63) is 29.8 Å². The highest BCUT2D eigenvalue weighted by Crippen LogP contribution is 2.29. The van der Waals surface area contributed by atoms with Gasteiger partial charge in [-0.3, -0.25) is 0 Å². The molecule has 12 heavy (non-hydrogen) atoms. The second kappa shape index (κ2) is 3.44. The van der Waals surface area contributed by atoms with Crippen molar-refractivity contribution in [3.63, 3.8) is 0 Å². The molecule has 0 saturated heterocycles. The molecule has 1 aromatic rings. The molecule has 0 heterocycles. The van der Waals surface area contributed by atoms with Gasteiger partial charge in [0.2, 0.25) is 0 Å². The summed E-state index contributed by atoms with van der Waals surface area (Å²) in [6.45, 7) is 0. The maximum absolute atomic E-state index is 11.9. The van der Waals surface area contributed by atoms with Crippen molar-refractivity contribution in [2.24, 2.45) is 0 Å². The first-order chi connectivity index (χ1) is 5.00. The van der Waals surface area contributed by atoms with Crippen LogP contribution in [0.3, 0.4) is 0 Å². The van der Waals surface area contributed by atoms with Crippen LogP contribution in [0.1, 0.15) is 5.56 Å². The Morgan fingerprint density at radius 1 is 1.17 bits per heavy atom. The maximum Gasteiger partial charge on any atom is 0.416 e. The normalized spacial score (nSPS) is 10.6. The van der Waals surface area contributed by atoms with E-state index in [1.54, 1.807) is 0 Å². The van der Waals surface area contributed by atoms with Gasteiger partial charge in [-0.1, -0.05) is 6.07 Å². The van der Waals surface area contributed by atoms with Crippen molar-refractivity contribution >= 4 is 5.69 Å². The highest BCUT2D eigenvalue weighted by Gasteiger charge is 2.30. The van der Waals surface area contributed by atoms with Gasteiger partial charge in [-0.2, -0.15) is 13.2 Å². The molecule has 0 aliphatic carbocycles. The molecule has 0 amide bonds. The fourth-order valence-electron chi connectivity index (χ4n) is 0.715. The molecule has 0 atom stereocenters. The van der Waals surface area contributed by atoms with Crippen molar-refractivity contribution in [2.75, 3.05) is 5.73 Å². The Morgan fingerprint density at radius 2 is 1.75 bits per heavy atom. The van der Waals surface area contributed by atoms with Crippen LogP contribution in [0.2, 0.25) is 0 Å². The lowest BCUT2D eigenvalue weighted by molar-refractivity contribution is -0.137. The van der Waals surface area contributed by atoms with Gasteiger partial charge in [0, 0.05) is 5.69 Å². The molecule has 0 unspecified atom stereocenters. The highest BCUT2D eigenvalue weighted by molar-refractivity contribution is 5.41.